The molecular weight excluding hydrogens is 146 g/mol. The summed E-state index contributed by atoms with van der Waals surface area (Å²) in [5, 5.41) is 0. The Morgan fingerprint density at radius 3 is 2.25 bits per heavy atom. The quantitative estimate of drug-likeness (QED) is 0.567. The van der Waals surface area contributed by atoms with Crippen molar-refractivity contribution in [2.24, 2.45) is 10.4 Å². The lowest BCUT2D eigenvalue weighted by molar-refractivity contribution is 0.575. The van der Waals surface area contributed by atoms with Crippen LogP contribution in [0.4, 0.5) is 0 Å². The highest BCUT2D eigenvalue weighted by Crippen LogP contribution is 2.19. The van der Waals surface area contributed by atoms with Gasteiger partial charge >= 0.3 is 0 Å². The zero-order chi connectivity index (χ0) is 9.61. The largest absolute Gasteiger partial charge is 0.265 e. The second-order valence-corrected chi connectivity index (χ2v) is 4.06. The molecule has 12 heavy (non-hydrogen) atoms. The van der Waals surface area contributed by atoms with Crippen LogP contribution in [0.5, 0.6) is 0 Å². The number of allylic oxidation sites excluding steroid dienone is 1. The van der Waals surface area contributed by atoms with Gasteiger partial charge in [-0.15, -0.1) is 0 Å². The molecular formula is C11H21N. The van der Waals surface area contributed by atoms with E-state index in [1.165, 1.54) is 12.1 Å². The van der Waals surface area contributed by atoms with E-state index in [2.05, 4.69) is 32.7 Å². The summed E-state index contributed by atoms with van der Waals surface area (Å²) in [6, 6.07) is 0. The van der Waals surface area contributed by atoms with E-state index in [-0.39, 0.29) is 5.41 Å². The molecule has 0 saturated heterocycles. The third kappa shape index (κ3) is 4.32. The molecule has 0 heterocycles. The summed E-state index contributed by atoms with van der Waals surface area (Å²) in [6.45, 7) is 10.8. The van der Waals surface area contributed by atoms with E-state index in [1.807, 2.05) is 19.2 Å². The fraction of sp³-hybridized carbons (Fsp3) is 0.727. The van der Waals surface area contributed by atoms with Gasteiger partial charge in [-0.05, 0) is 13.3 Å². The van der Waals surface area contributed by atoms with Crippen molar-refractivity contribution in [2.45, 2.75) is 47.5 Å². The molecule has 0 rings (SSSR count). The van der Waals surface area contributed by atoms with Gasteiger partial charge < -0.3 is 0 Å². The average molecular weight is 167 g/mol. The van der Waals surface area contributed by atoms with Gasteiger partial charge in [0.05, 0.1) is 0 Å². The van der Waals surface area contributed by atoms with Gasteiger partial charge in [0.1, 0.15) is 0 Å². The lowest BCUT2D eigenvalue weighted by Crippen LogP contribution is -2.19. The standard InChI is InChI=1S/C11H21N/c1-6-8-10(11(3,4)5)12-9-7-2/h7,9H,6,8H2,1-5H3/b9-7-,12-10-. The van der Waals surface area contributed by atoms with Gasteiger partial charge in [0.25, 0.3) is 0 Å². The number of hydrogen-bond donors (Lipinski definition) is 0. The first-order valence-corrected chi connectivity index (χ1v) is 4.70. The van der Waals surface area contributed by atoms with Gasteiger partial charge in [-0.1, -0.05) is 40.2 Å². The van der Waals surface area contributed by atoms with Gasteiger partial charge in [-0.25, -0.2) is 0 Å². The van der Waals surface area contributed by atoms with E-state index in [4.69, 9.17) is 0 Å². The molecule has 0 bridgehead atoms. The van der Waals surface area contributed by atoms with E-state index < -0.39 is 0 Å². The van der Waals surface area contributed by atoms with E-state index in [0.717, 1.165) is 6.42 Å². The minimum Gasteiger partial charge on any atom is -0.265 e. The first kappa shape index (κ1) is 11.4. The molecule has 0 aromatic heterocycles. The number of hydrogen-bond acceptors (Lipinski definition) is 1. The molecule has 0 N–H and O–H groups in total. The number of nitrogens with zero attached hydrogens (tertiary/aromatic N) is 1. The molecule has 0 atom stereocenters. The van der Waals surface area contributed by atoms with Crippen molar-refractivity contribution in [3.63, 3.8) is 0 Å². The molecule has 0 radical (unpaired) electrons. The maximum absolute atomic E-state index is 4.44. The lowest BCUT2D eigenvalue weighted by Gasteiger charge is -2.20. The minimum atomic E-state index is 0.218. The van der Waals surface area contributed by atoms with Gasteiger partial charge in [0.2, 0.25) is 0 Å². The van der Waals surface area contributed by atoms with Gasteiger partial charge in [-0.2, -0.15) is 0 Å². The Labute approximate surface area is 76.6 Å². The Hall–Kier alpha value is -0.590. The predicted molar refractivity (Wildman–Crippen MR) is 56.6 cm³/mol. The Balaban J connectivity index is 4.43. The third-order valence-electron chi connectivity index (χ3n) is 1.73. The van der Waals surface area contributed by atoms with Gasteiger partial charge in [0.15, 0.2) is 0 Å². The molecule has 0 aliphatic carbocycles. The van der Waals surface area contributed by atoms with Crippen LogP contribution in [-0.4, -0.2) is 5.71 Å². The summed E-state index contributed by atoms with van der Waals surface area (Å²) >= 11 is 0. The normalized spacial score (nSPS) is 14.2. The maximum Gasteiger partial charge on any atom is 0.0232 e. The summed E-state index contributed by atoms with van der Waals surface area (Å²) < 4.78 is 0. The zero-order valence-corrected chi connectivity index (χ0v) is 9.02. The van der Waals surface area contributed by atoms with E-state index in [9.17, 15) is 0 Å². The lowest BCUT2D eigenvalue weighted by atomic mass is 9.87. The summed E-state index contributed by atoms with van der Waals surface area (Å²) in [7, 11) is 0. The van der Waals surface area contributed by atoms with Crippen LogP contribution in [0.1, 0.15) is 47.5 Å². The van der Waals surface area contributed by atoms with Crippen LogP contribution < -0.4 is 0 Å². The molecule has 0 aromatic carbocycles. The topological polar surface area (TPSA) is 12.4 Å². The van der Waals surface area contributed by atoms with Crippen molar-refractivity contribution in [2.75, 3.05) is 0 Å². The van der Waals surface area contributed by atoms with Crippen molar-refractivity contribution < 1.29 is 0 Å². The van der Waals surface area contributed by atoms with Crippen molar-refractivity contribution in [3.05, 3.63) is 12.3 Å². The van der Waals surface area contributed by atoms with Gasteiger partial charge in [0, 0.05) is 17.3 Å². The highest BCUT2D eigenvalue weighted by atomic mass is 14.7. The fourth-order valence-electron chi connectivity index (χ4n) is 1.03. The monoisotopic (exact) mass is 167 g/mol. The maximum atomic E-state index is 4.44. The molecule has 0 amide bonds. The average Bonchev–Trinajstić information content (AvgIpc) is 1.95. The molecule has 70 valence electrons. The summed E-state index contributed by atoms with van der Waals surface area (Å²) in [5.74, 6) is 0. The smallest absolute Gasteiger partial charge is 0.0232 e. The van der Waals surface area contributed by atoms with Crippen LogP contribution in [-0.2, 0) is 0 Å². The summed E-state index contributed by atoms with van der Waals surface area (Å²) in [4.78, 5) is 4.44. The molecule has 1 heteroatoms. The molecule has 0 fully saturated rings. The van der Waals surface area contributed by atoms with Crippen LogP contribution in [0.2, 0.25) is 0 Å². The SMILES string of the molecule is C/C=C\N=C(\CCC)C(C)(C)C. The van der Waals surface area contributed by atoms with Crippen LogP contribution in [0, 0.1) is 5.41 Å². The number of aliphatic imine (C=N–C) groups is 1. The van der Waals surface area contributed by atoms with Crippen molar-refractivity contribution in [1.29, 1.82) is 0 Å². The van der Waals surface area contributed by atoms with E-state index in [0.29, 0.717) is 0 Å². The van der Waals surface area contributed by atoms with Crippen LogP contribution in [0.15, 0.2) is 17.3 Å². The molecule has 0 aromatic rings. The van der Waals surface area contributed by atoms with Crippen molar-refractivity contribution >= 4 is 5.71 Å². The highest BCUT2D eigenvalue weighted by Gasteiger charge is 2.16. The van der Waals surface area contributed by atoms with Crippen LogP contribution >= 0.6 is 0 Å². The Morgan fingerprint density at radius 1 is 1.33 bits per heavy atom. The van der Waals surface area contributed by atoms with Crippen LogP contribution in [0.25, 0.3) is 0 Å². The molecule has 0 aliphatic heterocycles. The van der Waals surface area contributed by atoms with Gasteiger partial charge in [-0.3, -0.25) is 4.99 Å². The Kier molecular flexibility index (Phi) is 4.87. The summed E-state index contributed by atoms with van der Waals surface area (Å²) in [6.07, 6.45) is 6.14. The van der Waals surface area contributed by atoms with Crippen molar-refractivity contribution in [3.8, 4) is 0 Å². The molecule has 0 unspecified atom stereocenters. The van der Waals surface area contributed by atoms with E-state index in [1.54, 1.807) is 0 Å². The number of rotatable bonds is 3. The van der Waals surface area contributed by atoms with Crippen LogP contribution in [0.3, 0.4) is 0 Å². The molecule has 0 aliphatic rings. The second kappa shape index (κ2) is 5.13. The first-order valence-electron chi connectivity index (χ1n) is 4.70. The zero-order valence-electron chi connectivity index (χ0n) is 9.02. The Morgan fingerprint density at radius 2 is 1.92 bits per heavy atom. The third-order valence-corrected chi connectivity index (χ3v) is 1.73. The van der Waals surface area contributed by atoms with E-state index >= 15 is 0 Å². The first-order chi connectivity index (χ1) is 5.52. The molecule has 0 saturated carbocycles. The highest BCUT2D eigenvalue weighted by molar-refractivity contribution is 5.89. The molecule has 0 spiro atoms. The Bertz CT molecular complexity index is 170. The second-order valence-electron chi connectivity index (χ2n) is 4.06. The summed E-state index contributed by atoms with van der Waals surface area (Å²) in [5.41, 5.74) is 1.51. The molecule has 1 nitrogen and oxygen atoms in total. The predicted octanol–water partition coefficient (Wildman–Crippen LogP) is 3.81. The van der Waals surface area contributed by atoms with Crippen molar-refractivity contribution in [1.82, 2.24) is 0 Å². The minimum absolute atomic E-state index is 0.218. The fourth-order valence-corrected chi connectivity index (χ4v) is 1.03.